The molecule has 0 radical (unpaired) electrons. The Morgan fingerprint density at radius 2 is 0.837 bits per heavy atom. The molecule has 2 N–H and O–H groups in total. The number of benzene rings is 4. The molecule has 5 heteroatoms. The van der Waals surface area contributed by atoms with Crippen molar-refractivity contribution >= 4 is 46.4 Å². The van der Waals surface area contributed by atoms with Gasteiger partial charge in [0.1, 0.15) is 0 Å². The van der Waals surface area contributed by atoms with Crippen LogP contribution in [-0.4, -0.2) is 19.9 Å². The van der Waals surface area contributed by atoms with Crippen LogP contribution in [0.15, 0.2) is 152 Å². The van der Waals surface area contributed by atoms with Crippen LogP contribution in [0.4, 0.5) is 0 Å². The van der Waals surface area contributed by atoms with Crippen LogP contribution in [0.2, 0.25) is 0 Å². The Balaban J connectivity index is 0.000000491. The van der Waals surface area contributed by atoms with Gasteiger partial charge in [0.05, 0.1) is 22.8 Å². The smallest absolute Gasteiger partial charge is 0.355 e. The van der Waals surface area contributed by atoms with Gasteiger partial charge in [0.15, 0.2) is 0 Å². The van der Waals surface area contributed by atoms with E-state index in [1.54, 1.807) is 0 Å². The van der Waals surface area contributed by atoms with E-state index in [4.69, 9.17) is 9.97 Å². The van der Waals surface area contributed by atoms with E-state index in [1.165, 1.54) is 0 Å². The molecule has 0 spiro atoms. The molecule has 0 aliphatic carbocycles. The zero-order valence-electron chi connectivity index (χ0n) is 26.4. The molecule has 0 amide bonds. The number of aromatic amines is 2. The minimum Gasteiger partial charge on any atom is -0.355 e. The first-order valence-corrected chi connectivity index (χ1v) is 16.0. The van der Waals surface area contributed by atoms with E-state index in [9.17, 15) is 0 Å². The molecule has 4 aromatic carbocycles. The summed E-state index contributed by atoms with van der Waals surface area (Å²) in [4.78, 5) is 17.7. The molecule has 49 heavy (non-hydrogen) atoms. The van der Waals surface area contributed by atoms with Crippen molar-refractivity contribution in [1.82, 2.24) is 19.9 Å². The van der Waals surface area contributed by atoms with Gasteiger partial charge in [-0.25, -0.2) is 9.97 Å². The van der Waals surface area contributed by atoms with Gasteiger partial charge in [-0.05, 0) is 71.3 Å². The number of fused-ring (bicyclic) bond motifs is 8. The summed E-state index contributed by atoms with van der Waals surface area (Å²) in [7, 11) is 0. The van der Waals surface area contributed by atoms with Crippen molar-refractivity contribution in [2.45, 2.75) is 0 Å². The maximum absolute atomic E-state index is 5.27. The summed E-state index contributed by atoms with van der Waals surface area (Å²) < 4.78 is 0. The van der Waals surface area contributed by atoms with Crippen molar-refractivity contribution in [2.75, 3.05) is 0 Å². The topological polar surface area (TPSA) is 57.4 Å². The Kier molecular flexibility index (Phi) is 9.44. The number of nitrogens with one attached hydrogen (secondary N) is 2. The third-order valence-corrected chi connectivity index (χ3v) is 8.37. The van der Waals surface area contributed by atoms with Crippen LogP contribution in [0.3, 0.4) is 0 Å². The quantitative estimate of drug-likeness (QED) is 0.138. The summed E-state index contributed by atoms with van der Waals surface area (Å²) in [5.41, 5.74) is 14.2. The SMILES string of the molecule is C1=Cc2nc1cc1ccc([nH]1)c(-c1ccccc1)c1nc(c(-c3ccccc3)c3ccc([nH]3)c2-c2ccccc2)C=C1.[Au+].[c-]1ccccc1. The molecule has 2 aliphatic rings. The molecule has 0 unspecified atom stereocenters. The van der Waals surface area contributed by atoms with Crippen molar-refractivity contribution in [3.8, 4) is 33.4 Å². The summed E-state index contributed by atoms with van der Waals surface area (Å²) in [5, 5.41) is 0. The number of H-pyrrole nitrogens is 2. The largest absolute Gasteiger partial charge is 1.00 e. The third kappa shape index (κ3) is 6.80. The minimum absolute atomic E-state index is 0. The van der Waals surface area contributed by atoms with E-state index in [0.29, 0.717) is 0 Å². The zero-order chi connectivity index (χ0) is 32.1. The molecule has 5 heterocycles. The van der Waals surface area contributed by atoms with Crippen LogP contribution in [0.5, 0.6) is 0 Å². The third-order valence-electron chi connectivity index (χ3n) is 8.37. The van der Waals surface area contributed by atoms with E-state index >= 15 is 0 Å². The predicted molar refractivity (Wildman–Crippen MR) is 200 cm³/mol. The monoisotopic (exact) mass is 812 g/mol. The van der Waals surface area contributed by atoms with E-state index < -0.39 is 0 Å². The number of aromatic nitrogens is 4. The Morgan fingerprint density at radius 1 is 0.408 bits per heavy atom. The summed E-state index contributed by atoms with van der Waals surface area (Å²) in [6.07, 6.45) is 8.43. The van der Waals surface area contributed by atoms with Crippen LogP contribution in [0, 0.1) is 6.07 Å². The first-order chi connectivity index (χ1) is 23.8. The normalized spacial score (nSPS) is 11.3. The Bertz CT molecular complexity index is 2360. The summed E-state index contributed by atoms with van der Waals surface area (Å²) in [5.74, 6) is 0. The van der Waals surface area contributed by atoms with E-state index in [0.717, 1.165) is 78.2 Å². The van der Waals surface area contributed by atoms with Gasteiger partial charge in [0, 0.05) is 38.8 Å². The average molecular weight is 813 g/mol. The summed E-state index contributed by atoms with van der Waals surface area (Å²) in [6, 6.07) is 54.5. The molecule has 2 aliphatic heterocycles. The van der Waals surface area contributed by atoms with Crippen molar-refractivity contribution in [3.63, 3.8) is 0 Å². The molecule has 8 bridgehead atoms. The first-order valence-electron chi connectivity index (χ1n) is 16.0. The molecular weight excluding hydrogens is 781 g/mol. The molecule has 3 aromatic heterocycles. The van der Waals surface area contributed by atoms with Crippen LogP contribution in [0.25, 0.3) is 79.8 Å². The second kappa shape index (κ2) is 14.5. The van der Waals surface area contributed by atoms with Crippen LogP contribution in [0.1, 0.15) is 22.8 Å². The number of hydrogen-bond donors (Lipinski definition) is 2. The second-order valence-corrected chi connectivity index (χ2v) is 11.5. The molecule has 0 atom stereocenters. The van der Waals surface area contributed by atoms with Crippen LogP contribution in [-0.2, 0) is 22.4 Å². The van der Waals surface area contributed by atoms with E-state index in [-0.39, 0.29) is 22.4 Å². The van der Waals surface area contributed by atoms with Gasteiger partial charge < -0.3 is 9.97 Å². The van der Waals surface area contributed by atoms with Crippen molar-refractivity contribution in [2.24, 2.45) is 0 Å². The number of nitrogens with zero attached hydrogens (tertiary/aromatic N) is 2. The van der Waals surface area contributed by atoms with Gasteiger partial charge in [-0.1, -0.05) is 91.0 Å². The fourth-order valence-electron chi connectivity index (χ4n) is 6.21. The first kappa shape index (κ1) is 31.8. The van der Waals surface area contributed by atoms with E-state index in [1.807, 2.05) is 48.5 Å². The van der Waals surface area contributed by atoms with Gasteiger partial charge >= 0.3 is 22.4 Å². The standard InChI is InChI=1S/C38H26N4.C6H5.Au/c1-4-10-25(11-5-1)36-30-18-16-28(39-30)24-29-17-19-31(40-29)37(26-12-6-2-7-13-26)33-21-23-35(42-33)38(27-14-8-3-9-15-27)34-22-20-32(36)41-34;1-2-4-6-5-3-1;/h1-24,39,42H;1-5H;/q;-1;+1. The van der Waals surface area contributed by atoms with Gasteiger partial charge in [-0.3, -0.25) is 0 Å². The van der Waals surface area contributed by atoms with Crippen LogP contribution >= 0.6 is 0 Å². The predicted octanol–water partition coefficient (Wildman–Crippen LogP) is 11.1. The molecule has 0 saturated carbocycles. The molecule has 238 valence electrons. The van der Waals surface area contributed by atoms with Crippen molar-refractivity contribution < 1.29 is 22.4 Å². The minimum atomic E-state index is 0. The fraction of sp³-hybridized carbons (Fsp3) is 0. The Morgan fingerprint density at radius 3 is 1.31 bits per heavy atom. The molecule has 0 saturated heterocycles. The molecule has 0 fully saturated rings. The summed E-state index contributed by atoms with van der Waals surface area (Å²) >= 11 is 0. The summed E-state index contributed by atoms with van der Waals surface area (Å²) in [6.45, 7) is 0. The zero-order valence-corrected chi connectivity index (χ0v) is 28.6. The maximum Gasteiger partial charge on any atom is 1.00 e. The molecule has 7 aromatic rings. The van der Waals surface area contributed by atoms with Gasteiger partial charge in [0.25, 0.3) is 0 Å². The second-order valence-electron chi connectivity index (χ2n) is 11.5. The maximum atomic E-state index is 5.27. The fourth-order valence-corrected chi connectivity index (χ4v) is 6.21. The van der Waals surface area contributed by atoms with E-state index in [2.05, 4.69) is 143 Å². The average Bonchev–Trinajstić information content (AvgIpc) is 3.98. The van der Waals surface area contributed by atoms with Crippen molar-refractivity contribution in [3.05, 3.63) is 181 Å². The van der Waals surface area contributed by atoms with Crippen molar-refractivity contribution in [1.29, 1.82) is 0 Å². The molecule has 9 rings (SSSR count). The Hall–Kier alpha value is -5.78. The number of hydrogen-bond acceptors (Lipinski definition) is 2. The number of rotatable bonds is 3. The van der Waals surface area contributed by atoms with Gasteiger partial charge in [-0.2, -0.15) is 36.4 Å². The van der Waals surface area contributed by atoms with Gasteiger partial charge in [-0.15, -0.1) is 0 Å². The van der Waals surface area contributed by atoms with Gasteiger partial charge in [0.2, 0.25) is 0 Å². The Labute approximate surface area is 301 Å². The molecule has 4 nitrogen and oxygen atoms in total. The molecular formula is C44H31AuN4. The van der Waals surface area contributed by atoms with Crippen LogP contribution < -0.4 is 0 Å².